The molecule has 1 N–H and O–H groups in total. The van der Waals surface area contributed by atoms with E-state index in [1.54, 1.807) is 13.3 Å². The number of carbonyl (C=O) groups is 1. The Balaban J connectivity index is 1.50. The van der Waals surface area contributed by atoms with Crippen molar-refractivity contribution in [1.82, 2.24) is 19.7 Å². The van der Waals surface area contributed by atoms with Crippen molar-refractivity contribution in [2.24, 2.45) is 0 Å². The van der Waals surface area contributed by atoms with Crippen LogP contribution in [0.15, 0.2) is 66.0 Å². The molecule has 8 heteroatoms. The third kappa shape index (κ3) is 4.92. The molecule has 0 fully saturated rings. The summed E-state index contributed by atoms with van der Waals surface area (Å²) in [4.78, 5) is 17.0. The van der Waals surface area contributed by atoms with Crippen LogP contribution >= 0.6 is 11.8 Å². The molecule has 0 spiro atoms. The van der Waals surface area contributed by atoms with Crippen molar-refractivity contribution in [2.45, 2.75) is 18.6 Å². The molecule has 4 aromatic rings. The van der Waals surface area contributed by atoms with Gasteiger partial charge in [-0.2, -0.15) is 0 Å². The first-order valence-electron chi connectivity index (χ1n) is 9.91. The van der Waals surface area contributed by atoms with E-state index in [1.807, 2.05) is 60.0 Å². The number of hydrogen-bond donors (Lipinski definition) is 1. The van der Waals surface area contributed by atoms with E-state index in [4.69, 9.17) is 4.74 Å². The zero-order chi connectivity index (χ0) is 21.6. The van der Waals surface area contributed by atoms with Gasteiger partial charge in [-0.1, -0.05) is 41.6 Å². The van der Waals surface area contributed by atoms with Crippen molar-refractivity contribution in [3.8, 4) is 11.4 Å². The van der Waals surface area contributed by atoms with Crippen LogP contribution in [0.2, 0.25) is 0 Å². The van der Waals surface area contributed by atoms with Crippen LogP contribution < -0.4 is 5.32 Å². The molecule has 0 radical (unpaired) electrons. The molecule has 158 valence electrons. The number of methoxy groups -OCH3 is 1. The zero-order valence-electron chi connectivity index (χ0n) is 17.4. The fraction of sp³-hybridized carbons (Fsp3) is 0.217. The van der Waals surface area contributed by atoms with Crippen molar-refractivity contribution in [1.29, 1.82) is 0 Å². The lowest BCUT2D eigenvalue weighted by Gasteiger charge is -2.11. The predicted octanol–water partition coefficient (Wildman–Crippen LogP) is 4.18. The van der Waals surface area contributed by atoms with Gasteiger partial charge < -0.3 is 10.1 Å². The quantitative estimate of drug-likeness (QED) is 0.420. The fourth-order valence-corrected chi connectivity index (χ4v) is 4.07. The van der Waals surface area contributed by atoms with Gasteiger partial charge in [0.05, 0.1) is 30.1 Å². The highest BCUT2D eigenvalue weighted by Gasteiger charge is 2.16. The average molecular weight is 434 g/mol. The Kier molecular flexibility index (Phi) is 6.59. The number of amides is 1. The van der Waals surface area contributed by atoms with Crippen molar-refractivity contribution in [3.63, 3.8) is 0 Å². The molecule has 2 aromatic carbocycles. The number of benzene rings is 2. The number of aryl methyl sites for hydroxylation is 1. The van der Waals surface area contributed by atoms with E-state index in [-0.39, 0.29) is 11.7 Å². The predicted molar refractivity (Wildman–Crippen MR) is 123 cm³/mol. The summed E-state index contributed by atoms with van der Waals surface area (Å²) in [6, 6.07) is 17.6. The van der Waals surface area contributed by atoms with Gasteiger partial charge in [-0.05, 0) is 37.3 Å². The van der Waals surface area contributed by atoms with E-state index in [9.17, 15) is 4.79 Å². The lowest BCUT2D eigenvalue weighted by atomic mass is 10.1. The second-order valence-electron chi connectivity index (χ2n) is 7.03. The summed E-state index contributed by atoms with van der Waals surface area (Å²) >= 11 is 1.36. The van der Waals surface area contributed by atoms with E-state index < -0.39 is 0 Å². The third-order valence-electron chi connectivity index (χ3n) is 4.76. The molecular weight excluding hydrogens is 410 g/mol. The number of rotatable bonds is 8. The van der Waals surface area contributed by atoms with Crippen molar-refractivity contribution < 1.29 is 9.53 Å². The smallest absolute Gasteiger partial charge is 0.234 e. The maximum absolute atomic E-state index is 12.6. The van der Waals surface area contributed by atoms with E-state index in [0.29, 0.717) is 18.3 Å². The molecular formula is C23H23N5O2S. The van der Waals surface area contributed by atoms with Crippen LogP contribution in [0.25, 0.3) is 22.3 Å². The van der Waals surface area contributed by atoms with Gasteiger partial charge in [-0.25, -0.2) is 0 Å². The van der Waals surface area contributed by atoms with Crippen LogP contribution in [0.3, 0.4) is 0 Å². The number of ether oxygens (including phenoxy) is 1. The minimum atomic E-state index is -0.111. The summed E-state index contributed by atoms with van der Waals surface area (Å²) in [6.45, 7) is 3.17. The van der Waals surface area contributed by atoms with Gasteiger partial charge in [0.1, 0.15) is 0 Å². The monoisotopic (exact) mass is 433 g/mol. The lowest BCUT2D eigenvalue weighted by Crippen LogP contribution is -2.15. The molecule has 2 aromatic heterocycles. The first-order valence-corrected chi connectivity index (χ1v) is 10.9. The Morgan fingerprint density at radius 2 is 2.00 bits per heavy atom. The fourth-order valence-electron chi connectivity index (χ4n) is 3.31. The second-order valence-corrected chi connectivity index (χ2v) is 7.98. The first-order chi connectivity index (χ1) is 15.2. The molecule has 0 aliphatic carbocycles. The summed E-state index contributed by atoms with van der Waals surface area (Å²) < 4.78 is 7.26. The molecule has 0 unspecified atom stereocenters. The first kappa shape index (κ1) is 21.0. The van der Waals surface area contributed by atoms with Crippen LogP contribution in [0.1, 0.15) is 5.56 Å². The van der Waals surface area contributed by atoms with E-state index >= 15 is 0 Å². The van der Waals surface area contributed by atoms with Crippen LogP contribution in [0.5, 0.6) is 0 Å². The largest absolute Gasteiger partial charge is 0.383 e. The van der Waals surface area contributed by atoms with Gasteiger partial charge in [0.15, 0.2) is 11.0 Å². The topological polar surface area (TPSA) is 81.9 Å². The van der Waals surface area contributed by atoms with Gasteiger partial charge in [0.25, 0.3) is 0 Å². The second kappa shape index (κ2) is 9.72. The molecule has 4 rings (SSSR count). The Morgan fingerprint density at radius 3 is 2.84 bits per heavy atom. The minimum absolute atomic E-state index is 0.111. The number of thioether (sulfide) groups is 1. The van der Waals surface area contributed by atoms with E-state index in [0.717, 1.165) is 33.5 Å². The highest BCUT2D eigenvalue weighted by atomic mass is 32.2. The van der Waals surface area contributed by atoms with Gasteiger partial charge in [0.2, 0.25) is 5.91 Å². The van der Waals surface area contributed by atoms with Crippen molar-refractivity contribution in [3.05, 3.63) is 66.4 Å². The molecule has 0 aliphatic heterocycles. The number of aromatic nitrogens is 4. The number of nitrogens with zero attached hydrogens (tertiary/aromatic N) is 4. The Hall–Kier alpha value is -3.23. The van der Waals surface area contributed by atoms with Crippen molar-refractivity contribution >= 4 is 34.3 Å². The molecule has 0 saturated heterocycles. The van der Waals surface area contributed by atoms with Gasteiger partial charge in [0, 0.05) is 24.3 Å². The van der Waals surface area contributed by atoms with Crippen molar-refractivity contribution in [2.75, 3.05) is 24.8 Å². The Bertz CT molecular complexity index is 1200. The van der Waals surface area contributed by atoms with Gasteiger partial charge in [-0.15, -0.1) is 10.2 Å². The molecule has 31 heavy (non-hydrogen) atoms. The minimum Gasteiger partial charge on any atom is -0.383 e. The summed E-state index contributed by atoms with van der Waals surface area (Å²) in [5, 5.41) is 13.3. The zero-order valence-corrected chi connectivity index (χ0v) is 18.2. The Labute approximate surface area is 184 Å². The number of pyridine rings is 1. The van der Waals surface area contributed by atoms with Crippen LogP contribution in [-0.4, -0.2) is 45.1 Å². The molecule has 0 aliphatic rings. The molecule has 7 nitrogen and oxygen atoms in total. The third-order valence-corrected chi connectivity index (χ3v) is 5.73. The standard InChI is InChI=1S/C23H23N5O2S/c1-16-6-3-7-17(14-16)22-26-27-23(28(22)12-13-30-2)31-15-21(29)25-20-10-4-9-19-18(20)8-5-11-24-19/h3-11,14H,12-13,15H2,1-2H3,(H,25,29). The maximum atomic E-state index is 12.6. The number of anilines is 1. The SMILES string of the molecule is COCCn1c(SCC(=O)Nc2cccc3ncccc23)nnc1-c1cccc(C)c1. The summed E-state index contributed by atoms with van der Waals surface area (Å²) in [6.07, 6.45) is 1.74. The van der Waals surface area contributed by atoms with E-state index in [1.165, 1.54) is 11.8 Å². The number of nitrogens with one attached hydrogen (secondary N) is 1. The van der Waals surface area contributed by atoms with Crippen LogP contribution in [0.4, 0.5) is 5.69 Å². The molecule has 0 atom stereocenters. The van der Waals surface area contributed by atoms with Gasteiger partial charge >= 0.3 is 0 Å². The molecule has 2 heterocycles. The van der Waals surface area contributed by atoms with E-state index in [2.05, 4.69) is 26.6 Å². The maximum Gasteiger partial charge on any atom is 0.234 e. The average Bonchev–Trinajstić information content (AvgIpc) is 3.19. The number of fused-ring (bicyclic) bond motifs is 1. The molecule has 0 bridgehead atoms. The number of carbonyl (C=O) groups excluding carboxylic acids is 1. The highest BCUT2D eigenvalue weighted by molar-refractivity contribution is 7.99. The normalized spacial score (nSPS) is 11.0. The van der Waals surface area contributed by atoms with Gasteiger partial charge in [-0.3, -0.25) is 14.3 Å². The van der Waals surface area contributed by atoms with Crippen LogP contribution in [0, 0.1) is 6.92 Å². The summed E-state index contributed by atoms with van der Waals surface area (Å²) in [5.74, 6) is 0.874. The van der Waals surface area contributed by atoms with Crippen LogP contribution in [-0.2, 0) is 16.1 Å². The number of hydrogen-bond acceptors (Lipinski definition) is 6. The molecule has 1 amide bonds. The summed E-state index contributed by atoms with van der Waals surface area (Å²) in [7, 11) is 1.66. The highest BCUT2D eigenvalue weighted by Crippen LogP contribution is 2.26. The summed E-state index contributed by atoms with van der Waals surface area (Å²) in [5.41, 5.74) is 3.73. The molecule has 0 saturated carbocycles. The lowest BCUT2D eigenvalue weighted by molar-refractivity contribution is -0.113. The Morgan fingerprint density at radius 1 is 1.13 bits per heavy atom.